The fraction of sp³-hybridized carbons (Fsp3) is 0.333. The number of piperidine rings is 1. The van der Waals surface area contributed by atoms with Crippen molar-refractivity contribution in [2.75, 3.05) is 39.4 Å². The summed E-state index contributed by atoms with van der Waals surface area (Å²) in [6, 6.07) is 17.0. The molecule has 1 heterocycles. The number of ether oxygens (including phenoxy) is 1. The van der Waals surface area contributed by atoms with Crippen LogP contribution in [-0.4, -0.2) is 66.1 Å². The Balaban J connectivity index is 1.81. The normalized spacial score (nSPS) is 19.8. The van der Waals surface area contributed by atoms with Crippen LogP contribution in [0.4, 0.5) is 4.39 Å². The summed E-state index contributed by atoms with van der Waals surface area (Å²) in [6.07, 6.45) is 0. The molecular weight excluding hydrogens is 487 g/mol. The zero-order valence-corrected chi connectivity index (χ0v) is 21.3. The predicted molar refractivity (Wildman–Crippen MR) is 142 cm³/mol. The van der Waals surface area contributed by atoms with Crippen LogP contribution >= 0.6 is 0 Å². The molecule has 3 aromatic rings. The number of nitrogens with two attached hydrogens (primary N) is 1. The maximum atomic E-state index is 14.8. The largest absolute Gasteiger partial charge is 0.508 e. The fourth-order valence-corrected chi connectivity index (χ4v) is 5.36. The van der Waals surface area contributed by atoms with Crippen molar-refractivity contribution < 1.29 is 28.9 Å². The van der Waals surface area contributed by atoms with E-state index in [0.29, 0.717) is 61.6 Å². The molecule has 0 aliphatic carbocycles. The SMILES string of the molecule is Cc1c(F)cccc1C1[C@@H](C(=O)c2cccc(O)c2)CN(CCOCCN)C[C@H]1C(=O)c1cccc(O)c1. The summed E-state index contributed by atoms with van der Waals surface area (Å²) in [5.41, 5.74) is 7.16. The Kier molecular flexibility index (Phi) is 8.89. The van der Waals surface area contributed by atoms with E-state index in [0.717, 1.165) is 0 Å². The first-order valence-electron chi connectivity index (χ1n) is 12.7. The summed E-state index contributed by atoms with van der Waals surface area (Å²) < 4.78 is 20.4. The molecule has 3 atom stereocenters. The number of carbonyl (C=O) groups excluding carboxylic acids is 2. The zero-order valence-electron chi connectivity index (χ0n) is 21.3. The van der Waals surface area contributed by atoms with Gasteiger partial charge in [-0.25, -0.2) is 4.39 Å². The minimum Gasteiger partial charge on any atom is -0.508 e. The van der Waals surface area contributed by atoms with Gasteiger partial charge in [0.2, 0.25) is 0 Å². The van der Waals surface area contributed by atoms with Crippen molar-refractivity contribution in [1.29, 1.82) is 0 Å². The van der Waals surface area contributed by atoms with Crippen LogP contribution in [0.15, 0.2) is 66.7 Å². The van der Waals surface area contributed by atoms with Crippen molar-refractivity contribution in [3.63, 3.8) is 0 Å². The van der Waals surface area contributed by atoms with E-state index in [9.17, 15) is 24.2 Å². The van der Waals surface area contributed by atoms with E-state index >= 15 is 0 Å². The third kappa shape index (κ3) is 6.10. The molecule has 0 radical (unpaired) electrons. The van der Waals surface area contributed by atoms with Gasteiger partial charge in [-0.15, -0.1) is 0 Å². The van der Waals surface area contributed by atoms with Crippen LogP contribution in [0.25, 0.3) is 0 Å². The van der Waals surface area contributed by atoms with Gasteiger partial charge in [0.05, 0.1) is 13.2 Å². The van der Waals surface area contributed by atoms with Crippen LogP contribution in [-0.2, 0) is 4.74 Å². The summed E-state index contributed by atoms with van der Waals surface area (Å²) in [7, 11) is 0. The Morgan fingerprint density at radius 2 is 1.47 bits per heavy atom. The first-order chi connectivity index (χ1) is 18.3. The summed E-state index contributed by atoms with van der Waals surface area (Å²) in [6.45, 7) is 3.94. The monoisotopic (exact) mass is 520 g/mol. The molecule has 1 unspecified atom stereocenters. The van der Waals surface area contributed by atoms with Crippen molar-refractivity contribution in [2.45, 2.75) is 12.8 Å². The van der Waals surface area contributed by atoms with E-state index < -0.39 is 23.6 Å². The molecule has 1 aliphatic heterocycles. The zero-order chi connectivity index (χ0) is 27.2. The van der Waals surface area contributed by atoms with Crippen LogP contribution < -0.4 is 5.73 Å². The number of aromatic hydroxyl groups is 2. The standard InChI is InChI=1S/C30H33FN2O5/c1-19-24(9-4-10-27(19)31)28-25(29(36)20-5-2-7-22(34)15-20)17-33(12-14-38-13-11-32)18-26(28)30(37)21-6-3-8-23(35)16-21/h2-10,15-16,25-26,28,34-35H,11-14,17-18,32H2,1H3/t25-,26+,28?. The lowest BCUT2D eigenvalue weighted by Crippen LogP contribution is -2.51. The van der Waals surface area contributed by atoms with E-state index in [1.165, 1.54) is 30.3 Å². The second-order valence-corrected chi connectivity index (χ2v) is 9.68. The predicted octanol–water partition coefficient (Wildman–Crippen LogP) is 3.92. The maximum absolute atomic E-state index is 14.8. The molecule has 4 N–H and O–H groups in total. The van der Waals surface area contributed by atoms with Gasteiger partial charge in [-0.05, 0) is 48.4 Å². The van der Waals surface area contributed by atoms with Crippen molar-refractivity contribution in [2.24, 2.45) is 17.6 Å². The third-order valence-electron chi connectivity index (χ3n) is 7.19. The number of halogens is 1. The highest BCUT2D eigenvalue weighted by molar-refractivity contribution is 6.02. The van der Waals surface area contributed by atoms with Gasteiger partial charge in [0.25, 0.3) is 0 Å². The third-order valence-corrected chi connectivity index (χ3v) is 7.19. The van der Waals surface area contributed by atoms with Gasteiger partial charge in [-0.1, -0.05) is 36.4 Å². The van der Waals surface area contributed by atoms with Gasteiger partial charge in [0.15, 0.2) is 11.6 Å². The van der Waals surface area contributed by atoms with Gasteiger partial charge in [0, 0.05) is 55.1 Å². The molecule has 7 nitrogen and oxygen atoms in total. The van der Waals surface area contributed by atoms with Crippen molar-refractivity contribution in [3.8, 4) is 11.5 Å². The average molecular weight is 521 g/mol. The quantitative estimate of drug-likeness (QED) is 0.274. The smallest absolute Gasteiger partial charge is 0.167 e. The number of ketones is 2. The Morgan fingerprint density at radius 1 is 0.921 bits per heavy atom. The number of phenols is 2. The number of hydrogen-bond donors (Lipinski definition) is 3. The molecule has 0 amide bonds. The van der Waals surface area contributed by atoms with E-state index in [2.05, 4.69) is 0 Å². The fourth-order valence-electron chi connectivity index (χ4n) is 5.36. The second kappa shape index (κ2) is 12.3. The molecule has 4 rings (SSSR count). The number of hydrogen-bond acceptors (Lipinski definition) is 7. The highest BCUT2D eigenvalue weighted by atomic mass is 19.1. The number of likely N-dealkylation sites (tertiary alicyclic amines) is 1. The van der Waals surface area contributed by atoms with Gasteiger partial charge in [-0.2, -0.15) is 0 Å². The number of carbonyl (C=O) groups is 2. The summed E-state index contributed by atoms with van der Waals surface area (Å²) in [5, 5.41) is 20.1. The van der Waals surface area contributed by atoms with Crippen molar-refractivity contribution >= 4 is 11.6 Å². The first-order valence-corrected chi connectivity index (χ1v) is 12.7. The Bertz CT molecular complexity index is 1230. The molecule has 0 bridgehead atoms. The van der Waals surface area contributed by atoms with Crippen LogP contribution in [0.1, 0.15) is 37.8 Å². The minimum absolute atomic E-state index is 0.0374. The topological polar surface area (TPSA) is 113 Å². The number of phenolic OH excluding ortho intramolecular Hbond substituents is 2. The van der Waals surface area contributed by atoms with Crippen LogP contribution in [0.2, 0.25) is 0 Å². The van der Waals surface area contributed by atoms with Crippen molar-refractivity contribution in [3.05, 3.63) is 94.8 Å². The Labute approximate surface area is 221 Å². The molecule has 200 valence electrons. The van der Waals surface area contributed by atoms with E-state index in [1.807, 2.05) is 4.90 Å². The van der Waals surface area contributed by atoms with Crippen LogP contribution in [0, 0.1) is 24.6 Å². The number of rotatable bonds is 10. The van der Waals surface area contributed by atoms with Gasteiger partial charge < -0.3 is 20.7 Å². The first kappa shape index (κ1) is 27.4. The molecule has 1 saturated heterocycles. The van der Waals surface area contributed by atoms with Gasteiger partial charge in [0.1, 0.15) is 17.3 Å². The summed E-state index contributed by atoms with van der Waals surface area (Å²) in [4.78, 5) is 30.0. The average Bonchev–Trinajstić information content (AvgIpc) is 2.91. The Morgan fingerprint density at radius 3 is 2.00 bits per heavy atom. The second-order valence-electron chi connectivity index (χ2n) is 9.68. The molecule has 0 saturated carbocycles. The number of benzene rings is 3. The lowest BCUT2D eigenvalue weighted by molar-refractivity contribution is 0.0450. The van der Waals surface area contributed by atoms with Crippen LogP contribution in [0.3, 0.4) is 0 Å². The van der Waals surface area contributed by atoms with Gasteiger partial charge in [-0.3, -0.25) is 14.5 Å². The number of nitrogens with zero attached hydrogens (tertiary/aromatic N) is 1. The Hall–Kier alpha value is -3.59. The summed E-state index contributed by atoms with van der Waals surface area (Å²) in [5.74, 6) is -3.00. The molecule has 8 heteroatoms. The van der Waals surface area contributed by atoms with E-state index in [-0.39, 0.29) is 23.1 Å². The highest BCUT2D eigenvalue weighted by Crippen LogP contribution is 2.42. The molecule has 3 aromatic carbocycles. The lowest BCUT2D eigenvalue weighted by Gasteiger charge is -2.43. The molecule has 0 aromatic heterocycles. The molecular formula is C30H33FN2O5. The van der Waals surface area contributed by atoms with E-state index in [1.54, 1.807) is 43.3 Å². The van der Waals surface area contributed by atoms with Crippen molar-refractivity contribution in [1.82, 2.24) is 4.90 Å². The maximum Gasteiger partial charge on any atom is 0.167 e. The molecule has 1 fully saturated rings. The molecule has 0 spiro atoms. The molecule has 38 heavy (non-hydrogen) atoms. The minimum atomic E-state index is -0.702. The summed E-state index contributed by atoms with van der Waals surface area (Å²) >= 11 is 0. The van der Waals surface area contributed by atoms with E-state index in [4.69, 9.17) is 10.5 Å². The van der Waals surface area contributed by atoms with Gasteiger partial charge >= 0.3 is 0 Å². The molecule has 1 aliphatic rings. The highest BCUT2D eigenvalue weighted by Gasteiger charge is 2.45. The number of Topliss-reactive ketones (excluding diaryl/α,β-unsaturated/α-hetero) is 2. The lowest BCUT2D eigenvalue weighted by atomic mass is 9.68. The van der Waals surface area contributed by atoms with Crippen LogP contribution in [0.5, 0.6) is 11.5 Å².